The molecule has 228 valence electrons. The molecule has 0 saturated carbocycles. The summed E-state index contributed by atoms with van der Waals surface area (Å²) >= 11 is 1.26. The summed E-state index contributed by atoms with van der Waals surface area (Å²) in [5.41, 5.74) is 5.07. The third kappa shape index (κ3) is 5.83. The largest absolute Gasteiger partial charge is 0.490 e. The number of thiazole rings is 1. The predicted molar refractivity (Wildman–Crippen MR) is 169 cm³/mol. The van der Waals surface area contributed by atoms with E-state index in [1.165, 1.54) is 36.1 Å². The average Bonchev–Trinajstić information content (AvgIpc) is 3.47. The number of methoxy groups -OCH3 is 1. The number of nitrogens with zero attached hydrogens (tertiary/aromatic N) is 3. The Labute approximate surface area is 258 Å². The fourth-order valence-electron chi connectivity index (χ4n) is 5.36. The molecule has 5 rings (SSSR count). The number of esters is 1. The molecule has 1 atom stereocenters. The van der Waals surface area contributed by atoms with E-state index >= 15 is 0 Å². The van der Waals surface area contributed by atoms with E-state index in [0.29, 0.717) is 45.3 Å². The summed E-state index contributed by atoms with van der Waals surface area (Å²) in [6.07, 6.45) is 3.33. The Balaban J connectivity index is 1.61. The molecule has 1 amide bonds. The Hall–Kier alpha value is -4.90. The van der Waals surface area contributed by atoms with Crippen molar-refractivity contribution in [3.63, 3.8) is 0 Å². The van der Waals surface area contributed by atoms with Gasteiger partial charge in [0.05, 0.1) is 36.5 Å². The first-order valence-electron chi connectivity index (χ1n) is 14.2. The minimum absolute atomic E-state index is 0.131. The summed E-state index contributed by atoms with van der Waals surface area (Å²) in [7, 11) is 1.30. The number of carbonyl (C=O) groups is 2. The number of nitrogens with one attached hydrogen (secondary N) is 1. The number of benzene rings is 2. The molecular formula is C33H34N4O6S. The van der Waals surface area contributed by atoms with Crippen LogP contribution in [0.15, 0.2) is 70.1 Å². The second-order valence-electron chi connectivity index (χ2n) is 10.1. The average molecular weight is 615 g/mol. The smallest absolute Gasteiger partial charge is 0.337 e. The zero-order chi connectivity index (χ0) is 31.5. The van der Waals surface area contributed by atoms with Gasteiger partial charge >= 0.3 is 5.97 Å². The summed E-state index contributed by atoms with van der Waals surface area (Å²) in [6, 6.07) is 14.2. The zero-order valence-electron chi connectivity index (χ0n) is 25.5. The molecule has 2 aromatic carbocycles. The Kier molecular flexibility index (Phi) is 8.86. The van der Waals surface area contributed by atoms with Gasteiger partial charge in [-0.15, -0.1) is 0 Å². The minimum Gasteiger partial charge on any atom is -0.490 e. The van der Waals surface area contributed by atoms with Crippen LogP contribution < -0.4 is 29.7 Å². The molecule has 44 heavy (non-hydrogen) atoms. The van der Waals surface area contributed by atoms with Gasteiger partial charge in [0.2, 0.25) is 5.91 Å². The molecule has 1 aliphatic rings. The number of fused-ring (bicyclic) bond motifs is 1. The van der Waals surface area contributed by atoms with Crippen molar-refractivity contribution >= 4 is 35.0 Å². The Morgan fingerprint density at radius 3 is 2.39 bits per heavy atom. The third-order valence-electron chi connectivity index (χ3n) is 7.21. The van der Waals surface area contributed by atoms with Crippen molar-refractivity contribution in [3.8, 4) is 17.2 Å². The summed E-state index contributed by atoms with van der Waals surface area (Å²) in [5, 5.41) is 2.78. The Morgan fingerprint density at radius 2 is 1.73 bits per heavy atom. The van der Waals surface area contributed by atoms with E-state index in [4.69, 9.17) is 14.2 Å². The quantitative estimate of drug-likeness (QED) is 0.283. The molecule has 0 radical (unpaired) electrons. The van der Waals surface area contributed by atoms with E-state index in [9.17, 15) is 14.4 Å². The van der Waals surface area contributed by atoms with Crippen molar-refractivity contribution in [1.29, 1.82) is 0 Å². The fourth-order valence-corrected chi connectivity index (χ4v) is 6.32. The van der Waals surface area contributed by atoms with Gasteiger partial charge in [0.1, 0.15) is 0 Å². The maximum absolute atomic E-state index is 14.0. The van der Waals surface area contributed by atoms with E-state index in [0.717, 1.165) is 22.6 Å². The van der Waals surface area contributed by atoms with Gasteiger partial charge in [-0.05, 0) is 87.4 Å². The van der Waals surface area contributed by atoms with Gasteiger partial charge in [-0.25, -0.2) is 9.79 Å². The molecule has 11 heteroatoms. The van der Waals surface area contributed by atoms with Crippen LogP contribution in [0.25, 0.3) is 11.8 Å². The lowest BCUT2D eigenvalue weighted by molar-refractivity contribution is -0.136. The topological polar surface area (TPSA) is 113 Å². The SMILES string of the molecule is CCOc1ccc([C@H]2C(C(=O)OC)=CN=c3s/c(=C\c4cc(C)n(-c5ccc(NC(C)=O)cc5)c4C)c(=O)n32)cc1OCC. The zero-order valence-corrected chi connectivity index (χ0v) is 26.3. The van der Waals surface area contributed by atoms with E-state index in [1.54, 1.807) is 12.1 Å². The molecule has 0 unspecified atom stereocenters. The fraction of sp³-hybridized carbons (Fsp3) is 0.273. The van der Waals surface area contributed by atoms with Crippen LogP contribution in [-0.2, 0) is 14.3 Å². The normalized spacial score (nSPS) is 14.4. The third-order valence-corrected chi connectivity index (χ3v) is 8.21. The molecular weight excluding hydrogens is 580 g/mol. The van der Waals surface area contributed by atoms with E-state index in [2.05, 4.69) is 14.9 Å². The van der Waals surface area contributed by atoms with Crippen LogP contribution in [0.4, 0.5) is 5.69 Å². The highest BCUT2D eigenvalue weighted by atomic mass is 32.1. The molecule has 0 fully saturated rings. The molecule has 0 bridgehead atoms. The lowest BCUT2D eigenvalue weighted by Crippen LogP contribution is -2.39. The molecule has 2 aromatic heterocycles. The van der Waals surface area contributed by atoms with Crippen molar-refractivity contribution in [2.45, 2.75) is 40.7 Å². The first-order chi connectivity index (χ1) is 21.2. The number of carbonyl (C=O) groups excluding carboxylic acids is 2. The number of aromatic nitrogens is 2. The molecule has 10 nitrogen and oxygen atoms in total. The highest BCUT2D eigenvalue weighted by Crippen LogP contribution is 2.35. The van der Waals surface area contributed by atoms with Crippen LogP contribution in [0.2, 0.25) is 0 Å². The van der Waals surface area contributed by atoms with Crippen LogP contribution in [0, 0.1) is 13.8 Å². The van der Waals surface area contributed by atoms with Gasteiger partial charge in [0.25, 0.3) is 5.56 Å². The molecule has 0 spiro atoms. The summed E-state index contributed by atoms with van der Waals surface area (Å²) in [5.74, 6) is 0.392. The van der Waals surface area contributed by atoms with Crippen LogP contribution in [0.5, 0.6) is 11.5 Å². The van der Waals surface area contributed by atoms with Crippen LogP contribution >= 0.6 is 11.3 Å². The maximum Gasteiger partial charge on any atom is 0.337 e. The predicted octanol–water partition coefficient (Wildman–Crippen LogP) is 4.18. The van der Waals surface area contributed by atoms with Crippen molar-refractivity contribution in [2.75, 3.05) is 25.6 Å². The highest BCUT2D eigenvalue weighted by Gasteiger charge is 2.31. The monoisotopic (exact) mass is 614 g/mol. The number of hydrogen-bond acceptors (Lipinski definition) is 8. The van der Waals surface area contributed by atoms with Crippen molar-refractivity contribution in [2.24, 2.45) is 4.99 Å². The number of anilines is 1. The number of hydrogen-bond donors (Lipinski definition) is 1. The van der Waals surface area contributed by atoms with Gasteiger partial charge in [-0.3, -0.25) is 14.2 Å². The van der Waals surface area contributed by atoms with E-state index < -0.39 is 12.0 Å². The summed E-state index contributed by atoms with van der Waals surface area (Å²) in [6.45, 7) is 10.1. The Morgan fingerprint density at radius 1 is 1.02 bits per heavy atom. The first-order valence-corrected chi connectivity index (χ1v) is 15.0. The van der Waals surface area contributed by atoms with Crippen LogP contribution in [0.3, 0.4) is 0 Å². The van der Waals surface area contributed by atoms with E-state index in [-0.39, 0.29) is 17.0 Å². The van der Waals surface area contributed by atoms with Crippen molar-refractivity contribution in [3.05, 3.63) is 103 Å². The second kappa shape index (κ2) is 12.8. The maximum atomic E-state index is 14.0. The number of ether oxygens (including phenoxy) is 3. The standard InChI is InChI=1S/C33H34N4O6S/c1-7-42-27-14-9-22(16-28(27)43-8-2)30-26(32(40)41-6)18-34-33-37(30)31(39)29(44-33)17-23-15-19(3)36(20(23)4)25-12-10-24(11-13-25)35-21(5)38/h9-18,30H,7-8H2,1-6H3,(H,35,38)/b29-17-/t30-/m0/s1. The van der Waals surface area contributed by atoms with Crippen molar-refractivity contribution in [1.82, 2.24) is 9.13 Å². The molecule has 1 N–H and O–H groups in total. The summed E-state index contributed by atoms with van der Waals surface area (Å²) < 4.78 is 20.7. The highest BCUT2D eigenvalue weighted by molar-refractivity contribution is 7.07. The van der Waals surface area contributed by atoms with Gasteiger partial charge in [0, 0.05) is 35.9 Å². The van der Waals surface area contributed by atoms with Gasteiger partial charge in [-0.1, -0.05) is 17.4 Å². The van der Waals surface area contributed by atoms with Crippen molar-refractivity contribution < 1.29 is 23.8 Å². The Bertz CT molecular complexity index is 1950. The number of rotatable bonds is 9. The number of amides is 1. The second-order valence-corrected chi connectivity index (χ2v) is 11.1. The summed E-state index contributed by atoms with van der Waals surface area (Å²) in [4.78, 5) is 43.3. The van der Waals surface area contributed by atoms with Crippen LogP contribution in [-0.4, -0.2) is 41.3 Å². The first kappa shape index (κ1) is 30.6. The van der Waals surface area contributed by atoms with Gasteiger partial charge in [-0.2, -0.15) is 0 Å². The number of aryl methyl sites for hydroxylation is 1. The molecule has 4 aromatic rings. The van der Waals surface area contributed by atoms with E-state index in [1.807, 2.05) is 70.2 Å². The van der Waals surface area contributed by atoms with Gasteiger partial charge < -0.3 is 24.1 Å². The molecule has 0 saturated heterocycles. The minimum atomic E-state index is -0.773. The molecule has 1 aliphatic heterocycles. The lowest BCUT2D eigenvalue weighted by Gasteiger charge is -2.23. The lowest BCUT2D eigenvalue weighted by atomic mass is 9.97. The molecule has 3 heterocycles. The van der Waals surface area contributed by atoms with Crippen LogP contribution in [0.1, 0.15) is 49.3 Å². The van der Waals surface area contributed by atoms with Gasteiger partial charge in [0.15, 0.2) is 16.3 Å². The molecule has 0 aliphatic carbocycles.